The van der Waals surface area contributed by atoms with Gasteiger partial charge in [-0.25, -0.2) is 9.97 Å². The third-order valence-corrected chi connectivity index (χ3v) is 2.13. The largest absolute Gasteiger partial charge is 0.384 e. The van der Waals surface area contributed by atoms with Crippen molar-refractivity contribution in [1.82, 2.24) is 9.97 Å². The Labute approximate surface area is 88.2 Å². The lowest BCUT2D eigenvalue weighted by molar-refractivity contribution is 1.28. The molecule has 3 N–H and O–H groups in total. The molecule has 0 aliphatic carbocycles. The summed E-state index contributed by atoms with van der Waals surface area (Å²) >= 11 is 0. The van der Waals surface area contributed by atoms with Crippen LogP contribution in [0.25, 0.3) is 11.1 Å². The van der Waals surface area contributed by atoms with Gasteiger partial charge < -0.3 is 11.1 Å². The smallest absolute Gasteiger partial charge is 0.126 e. The first-order valence-corrected chi connectivity index (χ1v) is 4.65. The maximum Gasteiger partial charge on any atom is 0.126 e. The molecular formula is C11H12N4. The Morgan fingerprint density at radius 3 is 2.40 bits per heavy atom. The van der Waals surface area contributed by atoms with Gasteiger partial charge in [0.05, 0.1) is 0 Å². The predicted octanol–water partition coefficient (Wildman–Crippen LogP) is 1.77. The molecule has 0 unspecified atom stereocenters. The number of nitrogens with zero attached hydrogens (tertiary/aromatic N) is 2. The molecule has 0 amide bonds. The highest BCUT2D eigenvalue weighted by Crippen LogP contribution is 2.21. The summed E-state index contributed by atoms with van der Waals surface area (Å²) in [6.45, 7) is 0. The summed E-state index contributed by atoms with van der Waals surface area (Å²) in [5.41, 5.74) is 7.74. The standard InChI is InChI=1S/C11H12N4/c1-13-11-7-9(3-5-15-11)8-2-4-14-10(12)6-8/h2-7H,1H3,(H2,12,14)(H,13,15). The number of nitrogen functional groups attached to an aromatic ring is 1. The maximum absolute atomic E-state index is 5.62. The van der Waals surface area contributed by atoms with E-state index >= 15 is 0 Å². The normalized spacial score (nSPS) is 9.93. The zero-order valence-electron chi connectivity index (χ0n) is 8.44. The van der Waals surface area contributed by atoms with Crippen LogP contribution in [0.3, 0.4) is 0 Å². The first kappa shape index (κ1) is 9.45. The van der Waals surface area contributed by atoms with Crippen molar-refractivity contribution in [3.63, 3.8) is 0 Å². The third-order valence-electron chi connectivity index (χ3n) is 2.13. The Kier molecular flexibility index (Phi) is 2.49. The molecule has 76 valence electrons. The van der Waals surface area contributed by atoms with Crippen LogP contribution >= 0.6 is 0 Å². The average Bonchev–Trinajstić information content (AvgIpc) is 2.29. The number of nitrogens with one attached hydrogen (secondary N) is 1. The second-order valence-corrected chi connectivity index (χ2v) is 3.15. The van der Waals surface area contributed by atoms with E-state index in [-0.39, 0.29) is 0 Å². The second kappa shape index (κ2) is 3.96. The Bertz CT molecular complexity index is 468. The molecule has 2 rings (SSSR count). The highest BCUT2D eigenvalue weighted by Gasteiger charge is 1.99. The molecule has 15 heavy (non-hydrogen) atoms. The summed E-state index contributed by atoms with van der Waals surface area (Å²) in [5, 5.41) is 2.99. The van der Waals surface area contributed by atoms with E-state index in [1.165, 1.54) is 0 Å². The molecule has 0 bridgehead atoms. The molecule has 2 aromatic heterocycles. The molecule has 0 aromatic carbocycles. The summed E-state index contributed by atoms with van der Waals surface area (Å²) in [5.74, 6) is 1.36. The average molecular weight is 200 g/mol. The fraction of sp³-hybridized carbons (Fsp3) is 0.0909. The SMILES string of the molecule is CNc1cc(-c2ccnc(N)c2)ccn1. The number of anilines is 2. The minimum absolute atomic E-state index is 0.523. The zero-order valence-corrected chi connectivity index (χ0v) is 8.44. The molecule has 2 heterocycles. The van der Waals surface area contributed by atoms with Crippen LogP contribution < -0.4 is 11.1 Å². The monoisotopic (exact) mass is 200 g/mol. The van der Waals surface area contributed by atoms with Crippen molar-refractivity contribution >= 4 is 11.6 Å². The van der Waals surface area contributed by atoms with Crippen molar-refractivity contribution in [2.75, 3.05) is 18.1 Å². The van der Waals surface area contributed by atoms with E-state index in [2.05, 4.69) is 15.3 Å². The van der Waals surface area contributed by atoms with Gasteiger partial charge in [0.15, 0.2) is 0 Å². The maximum atomic E-state index is 5.62. The van der Waals surface area contributed by atoms with Gasteiger partial charge in [0, 0.05) is 19.4 Å². The molecule has 0 saturated carbocycles. The lowest BCUT2D eigenvalue weighted by Crippen LogP contribution is -1.93. The van der Waals surface area contributed by atoms with Crippen molar-refractivity contribution in [1.29, 1.82) is 0 Å². The fourth-order valence-electron chi connectivity index (χ4n) is 1.37. The van der Waals surface area contributed by atoms with Crippen molar-refractivity contribution in [3.05, 3.63) is 36.7 Å². The van der Waals surface area contributed by atoms with Crippen LogP contribution in [0.1, 0.15) is 0 Å². The van der Waals surface area contributed by atoms with E-state index in [0.717, 1.165) is 16.9 Å². The number of hydrogen-bond donors (Lipinski definition) is 2. The van der Waals surface area contributed by atoms with Crippen LogP contribution in [0.5, 0.6) is 0 Å². The first-order valence-electron chi connectivity index (χ1n) is 4.65. The van der Waals surface area contributed by atoms with E-state index in [4.69, 9.17) is 5.73 Å². The molecule has 4 heteroatoms. The van der Waals surface area contributed by atoms with Crippen molar-refractivity contribution in [2.24, 2.45) is 0 Å². The molecule has 0 spiro atoms. The Balaban J connectivity index is 2.44. The minimum Gasteiger partial charge on any atom is -0.384 e. The van der Waals surface area contributed by atoms with E-state index < -0.39 is 0 Å². The molecule has 0 aliphatic heterocycles. The molecule has 0 radical (unpaired) electrons. The molecule has 0 atom stereocenters. The topological polar surface area (TPSA) is 63.8 Å². The van der Waals surface area contributed by atoms with E-state index in [1.807, 2.05) is 31.3 Å². The van der Waals surface area contributed by atoms with Gasteiger partial charge in [-0.1, -0.05) is 0 Å². The van der Waals surface area contributed by atoms with Gasteiger partial charge in [0.1, 0.15) is 11.6 Å². The van der Waals surface area contributed by atoms with Crippen LogP contribution in [0, 0.1) is 0 Å². The van der Waals surface area contributed by atoms with Gasteiger partial charge in [-0.15, -0.1) is 0 Å². The van der Waals surface area contributed by atoms with Crippen molar-refractivity contribution in [2.45, 2.75) is 0 Å². The van der Waals surface area contributed by atoms with Crippen LogP contribution in [0.2, 0.25) is 0 Å². The first-order chi connectivity index (χ1) is 7.29. The van der Waals surface area contributed by atoms with E-state index in [9.17, 15) is 0 Å². The molecule has 0 aliphatic rings. The van der Waals surface area contributed by atoms with E-state index in [1.54, 1.807) is 12.4 Å². The number of hydrogen-bond acceptors (Lipinski definition) is 4. The Morgan fingerprint density at radius 1 is 1.07 bits per heavy atom. The number of pyridine rings is 2. The van der Waals surface area contributed by atoms with Crippen molar-refractivity contribution < 1.29 is 0 Å². The molecule has 0 fully saturated rings. The molecule has 2 aromatic rings. The lowest BCUT2D eigenvalue weighted by atomic mass is 10.1. The van der Waals surface area contributed by atoms with Gasteiger partial charge in [0.2, 0.25) is 0 Å². The van der Waals surface area contributed by atoms with Crippen molar-refractivity contribution in [3.8, 4) is 11.1 Å². The van der Waals surface area contributed by atoms with Crippen LogP contribution in [-0.2, 0) is 0 Å². The zero-order chi connectivity index (χ0) is 10.7. The van der Waals surface area contributed by atoms with Gasteiger partial charge >= 0.3 is 0 Å². The molecule has 4 nitrogen and oxygen atoms in total. The van der Waals surface area contributed by atoms with Crippen LogP contribution in [0.15, 0.2) is 36.7 Å². The highest BCUT2D eigenvalue weighted by atomic mass is 14.9. The van der Waals surface area contributed by atoms with Gasteiger partial charge in [-0.2, -0.15) is 0 Å². The third kappa shape index (κ3) is 2.04. The van der Waals surface area contributed by atoms with Crippen LogP contribution in [-0.4, -0.2) is 17.0 Å². The number of nitrogens with two attached hydrogens (primary N) is 1. The Hall–Kier alpha value is -2.10. The fourth-order valence-corrected chi connectivity index (χ4v) is 1.37. The summed E-state index contributed by atoms with van der Waals surface area (Å²) in [6.07, 6.45) is 3.46. The molecular weight excluding hydrogens is 188 g/mol. The highest BCUT2D eigenvalue weighted by molar-refractivity contribution is 5.67. The summed E-state index contributed by atoms with van der Waals surface area (Å²) in [7, 11) is 1.84. The van der Waals surface area contributed by atoms with Gasteiger partial charge in [0.25, 0.3) is 0 Å². The van der Waals surface area contributed by atoms with Gasteiger partial charge in [-0.05, 0) is 35.4 Å². The summed E-state index contributed by atoms with van der Waals surface area (Å²) < 4.78 is 0. The summed E-state index contributed by atoms with van der Waals surface area (Å²) in [4.78, 5) is 8.10. The second-order valence-electron chi connectivity index (χ2n) is 3.15. The number of aromatic nitrogens is 2. The quantitative estimate of drug-likeness (QED) is 0.775. The summed E-state index contributed by atoms with van der Waals surface area (Å²) in [6, 6.07) is 7.67. The van der Waals surface area contributed by atoms with Gasteiger partial charge in [-0.3, -0.25) is 0 Å². The lowest BCUT2D eigenvalue weighted by Gasteiger charge is -2.04. The molecule has 0 saturated heterocycles. The Morgan fingerprint density at radius 2 is 1.73 bits per heavy atom. The number of rotatable bonds is 2. The predicted molar refractivity (Wildman–Crippen MR) is 61.4 cm³/mol. The minimum atomic E-state index is 0.523. The van der Waals surface area contributed by atoms with Crippen LogP contribution in [0.4, 0.5) is 11.6 Å². The van der Waals surface area contributed by atoms with E-state index in [0.29, 0.717) is 5.82 Å².